The molecule has 0 fully saturated rings. The molecule has 0 aliphatic carbocycles. The molecule has 1 aromatic heterocycles. The molecule has 0 unspecified atom stereocenters. The first-order chi connectivity index (χ1) is 8.38. The van der Waals surface area contributed by atoms with Gasteiger partial charge in [-0.1, -0.05) is 12.1 Å². The van der Waals surface area contributed by atoms with Crippen molar-refractivity contribution in [2.24, 2.45) is 7.05 Å². The van der Waals surface area contributed by atoms with Crippen molar-refractivity contribution in [1.29, 1.82) is 0 Å². The fourth-order valence-electron chi connectivity index (χ4n) is 1.61. The van der Waals surface area contributed by atoms with E-state index < -0.39 is 11.7 Å². The topological polar surface area (TPSA) is 22.0 Å². The monoisotopic (exact) mass is 253 g/mol. The van der Waals surface area contributed by atoms with E-state index in [1.807, 2.05) is 0 Å². The maximum atomic E-state index is 12.4. The van der Waals surface area contributed by atoms with Crippen LogP contribution in [-0.2, 0) is 13.2 Å². The van der Waals surface area contributed by atoms with Crippen molar-refractivity contribution < 1.29 is 18.0 Å². The molecule has 2 aromatic rings. The Bertz CT molecular complexity index is 567. The highest BCUT2D eigenvalue weighted by atomic mass is 19.4. The summed E-state index contributed by atoms with van der Waals surface area (Å²) in [6.45, 7) is 0. The maximum Gasteiger partial charge on any atom is 0.416 e. The zero-order chi connectivity index (χ0) is 13.3. The normalized spacial score (nSPS) is 11.6. The third-order valence-corrected chi connectivity index (χ3v) is 2.57. The molecule has 0 amide bonds. The van der Waals surface area contributed by atoms with Crippen molar-refractivity contribution in [2.75, 3.05) is 0 Å². The van der Waals surface area contributed by atoms with E-state index in [1.165, 1.54) is 12.1 Å². The Balaban J connectivity index is 2.28. The molecule has 0 aliphatic rings. The predicted octanol–water partition coefficient (Wildman–Crippen LogP) is 3.27. The minimum atomic E-state index is -4.38. The van der Waals surface area contributed by atoms with Crippen LogP contribution in [0.3, 0.4) is 0 Å². The van der Waals surface area contributed by atoms with E-state index in [4.69, 9.17) is 0 Å². The van der Waals surface area contributed by atoms with Gasteiger partial charge in [0.1, 0.15) is 0 Å². The third kappa shape index (κ3) is 2.45. The van der Waals surface area contributed by atoms with Crippen molar-refractivity contribution in [3.05, 3.63) is 59.4 Å². The Kier molecular flexibility index (Phi) is 2.98. The van der Waals surface area contributed by atoms with Crippen LogP contribution in [0.25, 0.3) is 0 Å². The molecule has 0 bridgehead atoms. The number of aromatic nitrogens is 1. The van der Waals surface area contributed by atoms with Crippen LogP contribution >= 0.6 is 0 Å². The van der Waals surface area contributed by atoms with Gasteiger partial charge in [-0.15, -0.1) is 0 Å². The lowest BCUT2D eigenvalue weighted by atomic mass is 10.0. The summed E-state index contributed by atoms with van der Waals surface area (Å²) in [6, 6.07) is 5.84. The van der Waals surface area contributed by atoms with Crippen LogP contribution in [0.4, 0.5) is 13.2 Å². The number of carbonyl (C=O) groups excluding carboxylic acids is 1. The van der Waals surface area contributed by atoms with Gasteiger partial charge in [0.05, 0.1) is 5.56 Å². The van der Waals surface area contributed by atoms with E-state index in [9.17, 15) is 18.0 Å². The molecule has 2 rings (SSSR count). The van der Waals surface area contributed by atoms with Crippen molar-refractivity contribution in [3.8, 4) is 0 Å². The van der Waals surface area contributed by atoms with E-state index in [-0.39, 0.29) is 11.3 Å². The molecule has 1 heterocycles. The van der Waals surface area contributed by atoms with Gasteiger partial charge in [-0.2, -0.15) is 13.2 Å². The van der Waals surface area contributed by atoms with Crippen molar-refractivity contribution >= 4 is 5.78 Å². The standard InChI is InChI=1S/C13H10F3NO/c1-17-7-6-10(8-17)12(18)9-2-4-11(5-3-9)13(14,15)16/h2-8H,1H3. The number of hydrogen-bond donors (Lipinski definition) is 0. The highest BCUT2D eigenvalue weighted by Gasteiger charge is 2.30. The Labute approximate surface area is 102 Å². The first-order valence-corrected chi connectivity index (χ1v) is 5.22. The van der Waals surface area contributed by atoms with Crippen LogP contribution in [0.5, 0.6) is 0 Å². The van der Waals surface area contributed by atoms with Gasteiger partial charge in [0, 0.05) is 30.6 Å². The zero-order valence-electron chi connectivity index (χ0n) is 9.53. The summed E-state index contributed by atoms with van der Waals surface area (Å²) >= 11 is 0. The predicted molar refractivity (Wildman–Crippen MR) is 60.3 cm³/mol. The minimum Gasteiger partial charge on any atom is -0.357 e. The van der Waals surface area contributed by atoms with Gasteiger partial charge in [-0.05, 0) is 18.2 Å². The van der Waals surface area contributed by atoms with Crippen LogP contribution < -0.4 is 0 Å². The molecular formula is C13H10F3NO. The summed E-state index contributed by atoms with van der Waals surface area (Å²) in [4.78, 5) is 11.9. The summed E-state index contributed by atoms with van der Waals surface area (Å²) in [6.07, 6.45) is -1.05. The van der Waals surface area contributed by atoms with Crippen LogP contribution in [0, 0.1) is 0 Å². The smallest absolute Gasteiger partial charge is 0.357 e. The van der Waals surface area contributed by atoms with Crippen LogP contribution in [-0.4, -0.2) is 10.4 Å². The number of alkyl halides is 3. The highest BCUT2D eigenvalue weighted by molar-refractivity contribution is 6.08. The molecule has 0 saturated carbocycles. The van der Waals surface area contributed by atoms with Gasteiger partial charge in [0.15, 0.2) is 5.78 Å². The zero-order valence-corrected chi connectivity index (χ0v) is 9.53. The second-order valence-electron chi connectivity index (χ2n) is 3.97. The van der Waals surface area contributed by atoms with Crippen molar-refractivity contribution in [2.45, 2.75) is 6.18 Å². The average Bonchev–Trinajstić information content (AvgIpc) is 2.74. The third-order valence-electron chi connectivity index (χ3n) is 2.57. The number of rotatable bonds is 2. The van der Waals surface area contributed by atoms with Crippen LogP contribution in [0.15, 0.2) is 42.7 Å². The van der Waals surface area contributed by atoms with Gasteiger partial charge in [0.25, 0.3) is 0 Å². The summed E-state index contributed by atoms with van der Waals surface area (Å²) in [7, 11) is 1.77. The molecule has 94 valence electrons. The molecule has 1 aromatic carbocycles. The Hall–Kier alpha value is -2.04. The number of ketones is 1. The average molecular weight is 253 g/mol. The van der Waals surface area contributed by atoms with Gasteiger partial charge in [-0.25, -0.2) is 0 Å². The molecule has 5 heteroatoms. The Morgan fingerprint density at radius 2 is 1.67 bits per heavy atom. The Morgan fingerprint density at radius 1 is 1.06 bits per heavy atom. The molecule has 2 nitrogen and oxygen atoms in total. The van der Waals surface area contributed by atoms with E-state index in [2.05, 4.69) is 0 Å². The largest absolute Gasteiger partial charge is 0.416 e. The molecule has 0 aliphatic heterocycles. The summed E-state index contributed by atoms with van der Waals surface area (Å²) in [5.74, 6) is -0.288. The van der Waals surface area contributed by atoms with Crippen LogP contribution in [0.1, 0.15) is 21.5 Å². The number of nitrogens with zero attached hydrogens (tertiary/aromatic N) is 1. The lowest BCUT2D eigenvalue weighted by molar-refractivity contribution is -0.137. The lowest BCUT2D eigenvalue weighted by Gasteiger charge is -2.06. The minimum absolute atomic E-state index is 0.245. The first kappa shape index (κ1) is 12.4. The van der Waals surface area contributed by atoms with E-state index in [0.29, 0.717) is 5.56 Å². The molecule has 0 atom stereocenters. The van der Waals surface area contributed by atoms with Gasteiger partial charge < -0.3 is 4.57 Å². The molecule has 0 N–H and O–H groups in total. The molecule has 18 heavy (non-hydrogen) atoms. The fourth-order valence-corrected chi connectivity index (χ4v) is 1.61. The van der Waals surface area contributed by atoms with E-state index in [1.54, 1.807) is 30.1 Å². The van der Waals surface area contributed by atoms with Crippen LogP contribution in [0.2, 0.25) is 0 Å². The van der Waals surface area contributed by atoms with Gasteiger partial charge >= 0.3 is 6.18 Å². The highest BCUT2D eigenvalue weighted by Crippen LogP contribution is 2.29. The van der Waals surface area contributed by atoms with Crippen molar-refractivity contribution in [1.82, 2.24) is 4.57 Å². The fraction of sp³-hybridized carbons (Fsp3) is 0.154. The van der Waals surface area contributed by atoms with E-state index >= 15 is 0 Å². The second-order valence-corrected chi connectivity index (χ2v) is 3.97. The summed E-state index contributed by atoms with van der Waals surface area (Å²) < 4.78 is 38.8. The number of hydrogen-bond acceptors (Lipinski definition) is 1. The van der Waals surface area contributed by atoms with Gasteiger partial charge in [0.2, 0.25) is 0 Å². The summed E-state index contributed by atoms with van der Waals surface area (Å²) in [5.41, 5.74) is -0.0569. The number of benzene rings is 1. The Morgan fingerprint density at radius 3 is 2.11 bits per heavy atom. The molecular weight excluding hydrogens is 243 g/mol. The van der Waals surface area contributed by atoms with Crippen molar-refractivity contribution in [3.63, 3.8) is 0 Å². The second kappa shape index (κ2) is 4.33. The van der Waals surface area contributed by atoms with Gasteiger partial charge in [-0.3, -0.25) is 4.79 Å². The molecule has 0 spiro atoms. The lowest BCUT2D eigenvalue weighted by Crippen LogP contribution is -2.06. The number of aryl methyl sites for hydroxylation is 1. The maximum absolute atomic E-state index is 12.4. The number of halogens is 3. The summed E-state index contributed by atoms with van der Waals surface area (Å²) in [5, 5.41) is 0. The first-order valence-electron chi connectivity index (χ1n) is 5.22. The van der Waals surface area contributed by atoms with E-state index in [0.717, 1.165) is 12.1 Å². The molecule has 0 saturated heterocycles. The number of carbonyl (C=O) groups is 1. The SMILES string of the molecule is Cn1ccc(C(=O)c2ccc(C(F)(F)F)cc2)c1. The molecule has 0 radical (unpaired) electrons. The quantitative estimate of drug-likeness (QED) is 0.753.